The lowest BCUT2D eigenvalue weighted by molar-refractivity contribution is 0.0303. The number of carbonyl (C=O) groups is 1. The highest BCUT2D eigenvalue weighted by atomic mass is 32.2. The van der Waals surface area contributed by atoms with E-state index in [4.69, 9.17) is 15.6 Å². The van der Waals surface area contributed by atoms with Crippen LogP contribution in [0.1, 0.15) is 35.5 Å². The van der Waals surface area contributed by atoms with Crippen molar-refractivity contribution in [1.82, 2.24) is 14.9 Å². The molecule has 0 aliphatic carbocycles. The molecule has 2 aliphatic rings. The van der Waals surface area contributed by atoms with E-state index in [1.165, 1.54) is 18.1 Å². The van der Waals surface area contributed by atoms with Crippen LogP contribution in [0, 0.1) is 10.8 Å². The molecule has 0 unspecified atom stereocenters. The molecular weight excluding hydrogens is 412 g/mol. The molecule has 0 saturated carbocycles. The van der Waals surface area contributed by atoms with Gasteiger partial charge in [0.25, 0.3) is 5.91 Å². The Morgan fingerprint density at radius 3 is 2.58 bits per heavy atom. The van der Waals surface area contributed by atoms with Crippen molar-refractivity contribution in [2.24, 2.45) is 0 Å². The summed E-state index contributed by atoms with van der Waals surface area (Å²) in [6, 6.07) is 7.57. The molecular formula is C22H24N6O2S. The second kappa shape index (κ2) is 8.99. The highest BCUT2D eigenvalue weighted by molar-refractivity contribution is 8.15. The highest BCUT2D eigenvalue weighted by Crippen LogP contribution is 2.44. The molecule has 9 heteroatoms. The monoisotopic (exact) mass is 436 g/mol. The van der Waals surface area contributed by atoms with Crippen LogP contribution in [0.25, 0.3) is 5.57 Å². The molecule has 0 atom stereocenters. The molecule has 0 radical (unpaired) electrons. The number of amides is 1. The van der Waals surface area contributed by atoms with Crippen molar-refractivity contribution in [2.45, 2.75) is 25.3 Å². The Hall–Kier alpha value is -3.04. The standard InChI is InChI=1S/C22H24N6O2S/c1-13(14(2)23)17-18-19(31-20(17)24)21(27-12-26-18)25-11-15-3-5-16(6-4-15)22(29)28-7-9-30-10-8-28/h3-6,12,23-24H,7-11H2,1-2H3,(H,25,26,27)/b17-13-,23-14?,24-20?. The van der Waals surface area contributed by atoms with E-state index in [9.17, 15) is 4.79 Å². The van der Waals surface area contributed by atoms with E-state index in [-0.39, 0.29) is 5.91 Å². The molecule has 3 N–H and O–H groups in total. The zero-order valence-electron chi connectivity index (χ0n) is 17.5. The van der Waals surface area contributed by atoms with Gasteiger partial charge in [-0.05, 0) is 37.1 Å². The molecule has 160 valence electrons. The summed E-state index contributed by atoms with van der Waals surface area (Å²) in [6.07, 6.45) is 1.48. The van der Waals surface area contributed by atoms with Crippen molar-refractivity contribution in [2.75, 3.05) is 31.6 Å². The van der Waals surface area contributed by atoms with E-state index in [0.29, 0.717) is 66.3 Å². The first kappa shape index (κ1) is 21.2. The van der Waals surface area contributed by atoms with Crippen molar-refractivity contribution < 1.29 is 9.53 Å². The van der Waals surface area contributed by atoms with Crippen LogP contribution in [-0.4, -0.2) is 57.8 Å². The second-order valence-electron chi connectivity index (χ2n) is 7.41. The first-order valence-corrected chi connectivity index (χ1v) is 10.9. The Balaban J connectivity index is 1.47. The number of rotatable bonds is 5. The molecule has 31 heavy (non-hydrogen) atoms. The minimum atomic E-state index is 0.0301. The van der Waals surface area contributed by atoms with E-state index in [0.717, 1.165) is 16.0 Å². The van der Waals surface area contributed by atoms with Gasteiger partial charge < -0.3 is 20.4 Å². The van der Waals surface area contributed by atoms with Gasteiger partial charge in [-0.15, -0.1) is 0 Å². The number of allylic oxidation sites excluding steroid dienone is 1. The third kappa shape index (κ3) is 4.38. The van der Waals surface area contributed by atoms with Crippen molar-refractivity contribution in [3.63, 3.8) is 0 Å². The molecule has 1 fully saturated rings. The van der Waals surface area contributed by atoms with Gasteiger partial charge in [-0.1, -0.05) is 23.9 Å². The first-order chi connectivity index (χ1) is 15.0. The summed E-state index contributed by atoms with van der Waals surface area (Å²) in [4.78, 5) is 23.9. The quantitative estimate of drug-likeness (QED) is 0.619. The fourth-order valence-electron chi connectivity index (χ4n) is 3.47. The predicted octanol–water partition coefficient (Wildman–Crippen LogP) is 3.46. The number of carbonyl (C=O) groups excluding carboxylic acids is 1. The number of nitrogens with zero attached hydrogens (tertiary/aromatic N) is 3. The number of nitrogens with one attached hydrogen (secondary N) is 3. The summed E-state index contributed by atoms with van der Waals surface area (Å²) in [5.41, 5.74) is 4.26. The summed E-state index contributed by atoms with van der Waals surface area (Å²) in [6.45, 7) is 6.51. The topological polar surface area (TPSA) is 115 Å². The second-order valence-corrected chi connectivity index (χ2v) is 8.43. The van der Waals surface area contributed by atoms with Gasteiger partial charge in [-0.2, -0.15) is 0 Å². The first-order valence-electron chi connectivity index (χ1n) is 10.0. The predicted molar refractivity (Wildman–Crippen MR) is 122 cm³/mol. The van der Waals surface area contributed by atoms with Crippen LogP contribution < -0.4 is 5.32 Å². The van der Waals surface area contributed by atoms with Crippen LogP contribution in [-0.2, 0) is 11.3 Å². The third-order valence-electron chi connectivity index (χ3n) is 5.37. The third-order valence-corrected chi connectivity index (χ3v) is 6.37. The number of benzene rings is 1. The lowest BCUT2D eigenvalue weighted by Gasteiger charge is -2.26. The zero-order chi connectivity index (χ0) is 22.0. The van der Waals surface area contributed by atoms with Crippen molar-refractivity contribution in [3.8, 4) is 0 Å². The van der Waals surface area contributed by atoms with E-state index in [1.54, 1.807) is 6.92 Å². The van der Waals surface area contributed by atoms with Gasteiger partial charge in [-0.3, -0.25) is 10.2 Å². The Morgan fingerprint density at radius 1 is 1.19 bits per heavy atom. The molecule has 2 aromatic rings. The molecule has 0 spiro atoms. The molecule has 3 heterocycles. The fraction of sp³-hybridized carbons (Fsp3) is 0.318. The number of hydrogen-bond donors (Lipinski definition) is 3. The molecule has 0 bridgehead atoms. The summed E-state index contributed by atoms with van der Waals surface area (Å²) in [5, 5.41) is 19.9. The maximum Gasteiger partial charge on any atom is 0.254 e. The van der Waals surface area contributed by atoms with Gasteiger partial charge in [0, 0.05) is 36.5 Å². The summed E-state index contributed by atoms with van der Waals surface area (Å²) < 4.78 is 5.31. The lowest BCUT2D eigenvalue weighted by Crippen LogP contribution is -2.40. The molecule has 4 rings (SSSR count). The van der Waals surface area contributed by atoms with Gasteiger partial charge >= 0.3 is 0 Å². The number of thioether (sulfide) groups is 1. The number of anilines is 1. The SMILES string of the molecule is CC(=N)/C(C)=C1\C(=N)Sc2c(NCc3ccc(C(=O)N4CCOCC4)cc3)ncnc21. The van der Waals surface area contributed by atoms with Gasteiger partial charge in [-0.25, -0.2) is 9.97 Å². The minimum Gasteiger partial charge on any atom is -0.378 e. The average molecular weight is 437 g/mol. The van der Waals surface area contributed by atoms with E-state index < -0.39 is 0 Å². The number of aromatic nitrogens is 2. The highest BCUT2D eigenvalue weighted by Gasteiger charge is 2.29. The largest absolute Gasteiger partial charge is 0.378 e. The normalized spacial score (nSPS) is 17.4. The van der Waals surface area contributed by atoms with Crippen LogP contribution in [0.2, 0.25) is 0 Å². The Labute approximate surface area is 185 Å². The summed E-state index contributed by atoms with van der Waals surface area (Å²) in [5.74, 6) is 0.696. The summed E-state index contributed by atoms with van der Waals surface area (Å²) >= 11 is 1.31. The smallest absolute Gasteiger partial charge is 0.254 e. The van der Waals surface area contributed by atoms with Crippen molar-refractivity contribution in [1.29, 1.82) is 10.8 Å². The van der Waals surface area contributed by atoms with E-state index in [1.807, 2.05) is 36.1 Å². The molecule has 1 saturated heterocycles. The van der Waals surface area contributed by atoms with Crippen LogP contribution in [0.15, 0.2) is 41.1 Å². The van der Waals surface area contributed by atoms with Crippen molar-refractivity contribution in [3.05, 3.63) is 53.0 Å². The Morgan fingerprint density at radius 2 is 1.90 bits per heavy atom. The number of morpholine rings is 1. The maximum atomic E-state index is 12.6. The maximum absolute atomic E-state index is 12.6. The number of fused-ring (bicyclic) bond motifs is 1. The van der Waals surface area contributed by atoms with E-state index >= 15 is 0 Å². The van der Waals surface area contributed by atoms with Crippen molar-refractivity contribution >= 4 is 39.8 Å². The van der Waals surface area contributed by atoms with Gasteiger partial charge in [0.05, 0.1) is 23.8 Å². The zero-order valence-corrected chi connectivity index (χ0v) is 18.3. The number of hydrogen-bond acceptors (Lipinski definition) is 8. The van der Waals surface area contributed by atoms with Gasteiger partial charge in [0.15, 0.2) is 0 Å². The van der Waals surface area contributed by atoms with Crippen LogP contribution >= 0.6 is 11.8 Å². The lowest BCUT2D eigenvalue weighted by atomic mass is 10.0. The Kier molecular flexibility index (Phi) is 6.15. The molecule has 2 aliphatic heterocycles. The minimum absolute atomic E-state index is 0.0301. The Bertz CT molecular complexity index is 1070. The molecule has 1 aromatic heterocycles. The number of ether oxygens (including phenoxy) is 1. The van der Waals surface area contributed by atoms with Crippen LogP contribution in [0.5, 0.6) is 0 Å². The average Bonchev–Trinajstić information content (AvgIpc) is 3.13. The summed E-state index contributed by atoms with van der Waals surface area (Å²) in [7, 11) is 0. The molecule has 1 amide bonds. The van der Waals surface area contributed by atoms with Crippen LogP contribution in [0.4, 0.5) is 5.82 Å². The molecule has 1 aromatic carbocycles. The van der Waals surface area contributed by atoms with Crippen LogP contribution in [0.3, 0.4) is 0 Å². The van der Waals surface area contributed by atoms with Gasteiger partial charge in [0.2, 0.25) is 0 Å². The molecule has 8 nitrogen and oxygen atoms in total. The van der Waals surface area contributed by atoms with E-state index in [2.05, 4.69) is 15.3 Å². The van der Waals surface area contributed by atoms with Gasteiger partial charge in [0.1, 0.15) is 17.2 Å². The fourth-order valence-corrected chi connectivity index (χ4v) is 4.50.